The van der Waals surface area contributed by atoms with E-state index in [2.05, 4.69) is 16.0 Å². The number of Topliss-reactive ketones (excluding diaryl/α,β-unsaturated/α-hetero) is 1. The number of likely N-dealkylation sites (N-methyl/N-ethyl adjacent to an activating group) is 1. The number of carbonyl (C=O) groups excluding carboxylic acids is 4. The number of ketones is 1. The quantitative estimate of drug-likeness (QED) is 0.451. The van der Waals surface area contributed by atoms with E-state index < -0.39 is 23.6 Å². The standard InChI is InChI=1S/C23H27FN4O4/c1-11-10-15(8-9-16(11)24)26-21(30)17-12(2)19(28(5)13(17)3)20(29)23(32)27-18(14-6-7-14)22(31)25-4/h8-10,14,18H,6-7H2,1-5H3,(H,25,31)(H,26,30)(H,27,32). The highest BCUT2D eigenvalue weighted by molar-refractivity contribution is 6.43. The average Bonchev–Trinajstić information content (AvgIpc) is 3.55. The number of rotatable bonds is 7. The lowest BCUT2D eigenvalue weighted by molar-refractivity contribution is -0.127. The highest BCUT2D eigenvalue weighted by Gasteiger charge is 2.38. The summed E-state index contributed by atoms with van der Waals surface area (Å²) in [5.41, 5.74) is 1.99. The third kappa shape index (κ3) is 4.42. The van der Waals surface area contributed by atoms with Crippen molar-refractivity contribution in [3.8, 4) is 0 Å². The molecule has 0 spiro atoms. The fourth-order valence-electron chi connectivity index (χ4n) is 3.85. The van der Waals surface area contributed by atoms with Gasteiger partial charge in [-0.1, -0.05) is 0 Å². The van der Waals surface area contributed by atoms with Gasteiger partial charge in [0.1, 0.15) is 11.9 Å². The summed E-state index contributed by atoms with van der Waals surface area (Å²) >= 11 is 0. The lowest BCUT2D eigenvalue weighted by atomic mass is 10.1. The van der Waals surface area contributed by atoms with Crippen molar-refractivity contribution in [1.82, 2.24) is 15.2 Å². The predicted molar refractivity (Wildman–Crippen MR) is 117 cm³/mol. The average molecular weight is 442 g/mol. The molecule has 8 nitrogen and oxygen atoms in total. The first kappa shape index (κ1) is 23.2. The van der Waals surface area contributed by atoms with Crippen LogP contribution in [-0.2, 0) is 16.6 Å². The summed E-state index contributed by atoms with van der Waals surface area (Å²) in [5.74, 6) is -2.89. The Morgan fingerprint density at radius 3 is 2.34 bits per heavy atom. The van der Waals surface area contributed by atoms with Gasteiger partial charge in [0.15, 0.2) is 0 Å². The summed E-state index contributed by atoms with van der Waals surface area (Å²) in [5, 5.41) is 7.76. The summed E-state index contributed by atoms with van der Waals surface area (Å²) in [6.45, 7) is 4.85. The Labute approximate surface area is 185 Å². The van der Waals surface area contributed by atoms with Crippen molar-refractivity contribution in [2.24, 2.45) is 13.0 Å². The first-order valence-corrected chi connectivity index (χ1v) is 10.4. The van der Waals surface area contributed by atoms with E-state index in [1.54, 1.807) is 27.8 Å². The van der Waals surface area contributed by atoms with E-state index in [9.17, 15) is 23.6 Å². The van der Waals surface area contributed by atoms with Gasteiger partial charge in [0.05, 0.1) is 11.3 Å². The molecule has 1 unspecified atom stereocenters. The van der Waals surface area contributed by atoms with E-state index in [0.29, 0.717) is 22.5 Å². The van der Waals surface area contributed by atoms with Crippen LogP contribution in [0.4, 0.5) is 10.1 Å². The molecule has 0 saturated heterocycles. The molecule has 1 saturated carbocycles. The van der Waals surface area contributed by atoms with Gasteiger partial charge in [0, 0.05) is 25.5 Å². The molecular formula is C23H27FN4O4. The Morgan fingerprint density at radius 1 is 1.12 bits per heavy atom. The largest absolute Gasteiger partial charge is 0.357 e. The number of aromatic nitrogens is 1. The molecule has 3 amide bonds. The minimum Gasteiger partial charge on any atom is -0.357 e. The van der Waals surface area contributed by atoms with Crippen LogP contribution in [0.15, 0.2) is 18.2 Å². The molecule has 3 N–H and O–H groups in total. The maximum atomic E-state index is 13.5. The maximum Gasteiger partial charge on any atom is 0.294 e. The lowest BCUT2D eigenvalue weighted by Crippen LogP contribution is -2.49. The molecule has 1 aliphatic rings. The number of halogens is 1. The summed E-state index contributed by atoms with van der Waals surface area (Å²) in [6, 6.07) is 3.46. The number of amides is 3. The molecule has 1 aromatic carbocycles. The molecular weight excluding hydrogens is 415 g/mol. The van der Waals surface area contributed by atoms with Crippen LogP contribution in [0.2, 0.25) is 0 Å². The van der Waals surface area contributed by atoms with Crippen molar-refractivity contribution in [3.63, 3.8) is 0 Å². The first-order valence-electron chi connectivity index (χ1n) is 10.4. The van der Waals surface area contributed by atoms with Crippen LogP contribution >= 0.6 is 0 Å². The Morgan fingerprint density at radius 2 is 1.78 bits per heavy atom. The van der Waals surface area contributed by atoms with Gasteiger partial charge >= 0.3 is 0 Å². The molecule has 2 aromatic rings. The zero-order chi connectivity index (χ0) is 23.7. The minimum atomic E-state index is -0.893. The van der Waals surface area contributed by atoms with Crippen LogP contribution in [0.3, 0.4) is 0 Å². The van der Waals surface area contributed by atoms with Crippen molar-refractivity contribution < 1.29 is 23.6 Å². The van der Waals surface area contributed by atoms with Gasteiger partial charge in [-0.15, -0.1) is 0 Å². The smallest absolute Gasteiger partial charge is 0.294 e. The monoisotopic (exact) mass is 442 g/mol. The molecule has 0 aliphatic heterocycles. The molecule has 1 heterocycles. The third-order valence-electron chi connectivity index (χ3n) is 5.90. The van der Waals surface area contributed by atoms with Gasteiger partial charge in [-0.05, 0) is 68.9 Å². The molecule has 0 bridgehead atoms. The van der Waals surface area contributed by atoms with E-state index in [0.717, 1.165) is 12.8 Å². The molecule has 1 atom stereocenters. The van der Waals surface area contributed by atoms with E-state index in [1.807, 2.05) is 0 Å². The third-order valence-corrected chi connectivity index (χ3v) is 5.90. The van der Waals surface area contributed by atoms with Crippen LogP contribution in [0, 0.1) is 32.5 Å². The second-order valence-corrected chi connectivity index (χ2v) is 8.14. The number of aryl methyl sites for hydroxylation is 1. The molecule has 0 radical (unpaired) electrons. The zero-order valence-electron chi connectivity index (χ0n) is 18.8. The molecule has 1 aliphatic carbocycles. The van der Waals surface area contributed by atoms with Crippen LogP contribution in [0.5, 0.6) is 0 Å². The highest BCUT2D eigenvalue weighted by atomic mass is 19.1. The lowest BCUT2D eigenvalue weighted by Gasteiger charge is -2.16. The van der Waals surface area contributed by atoms with Crippen molar-refractivity contribution in [3.05, 3.63) is 52.1 Å². The SMILES string of the molecule is CNC(=O)C(NC(=O)C(=O)c1c(C)c(C(=O)Nc2ccc(F)c(C)c2)c(C)n1C)C1CC1. The number of benzene rings is 1. The Balaban J connectivity index is 1.85. The molecule has 1 aromatic heterocycles. The zero-order valence-corrected chi connectivity index (χ0v) is 18.8. The molecule has 1 fully saturated rings. The summed E-state index contributed by atoms with van der Waals surface area (Å²) in [4.78, 5) is 50.6. The van der Waals surface area contributed by atoms with Crippen molar-refractivity contribution in [1.29, 1.82) is 0 Å². The molecule has 3 rings (SSSR count). The van der Waals surface area contributed by atoms with E-state index in [4.69, 9.17) is 0 Å². The number of nitrogens with one attached hydrogen (secondary N) is 3. The normalized spacial score (nSPS) is 13.9. The number of nitrogens with zero attached hydrogens (tertiary/aromatic N) is 1. The molecule has 170 valence electrons. The second kappa shape index (κ2) is 8.94. The van der Waals surface area contributed by atoms with Crippen molar-refractivity contribution >= 4 is 29.2 Å². The summed E-state index contributed by atoms with van der Waals surface area (Å²) in [7, 11) is 3.07. The maximum absolute atomic E-state index is 13.5. The number of anilines is 1. The molecule has 32 heavy (non-hydrogen) atoms. The summed E-state index contributed by atoms with van der Waals surface area (Å²) in [6.07, 6.45) is 1.62. The Kier molecular flexibility index (Phi) is 6.47. The second-order valence-electron chi connectivity index (χ2n) is 8.14. The van der Waals surface area contributed by atoms with Crippen LogP contribution in [-0.4, -0.2) is 41.2 Å². The van der Waals surface area contributed by atoms with E-state index in [1.165, 1.54) is 29.8 Å². The minimum absolute atomic E-state index is 0.0171. The van der Waals surface area contributed by atoms with Gasteiger partial charge in [0.25, 0.3) is 17.6 Å². The molecule has 9 heteroatoms. The fourth-order valence-corrected chi connectivity index (χ4v) is 3.85. The first-order chi connectivity index (χ1) is 15.1. The van der Waals surface area contributed by atoms with Crippen LogP contribution in [0.1, 0.15) is 50.5 Å². The predicted octanol–water partition coefficient (Wildman–Crippen LogP) is 2.17. The number of hydrogen-bond donors (Lipinski definition) is 3. The summed E-state index contributed by atoms with van der Waals surface area (Å²) < 4.78 is 15.0. The van der Waals surface area contributed by atoms with Gasteiger partial charge < -0.3 is 20.5 Å². The van der Waals surface area contributed by atoms with Crippen molar-refractivity contribution in [2.45, 2.75) is 39.7 Å². The van der Waals surface area contributed by atoms with Gasteiger partial charge in [-0.25, -0.2) is 4.39 Å². The van der Waals surface area contributed by atoms with Gasteiger partial charge in [-0.3, -0.25) is 19.2 Å². The van der Waals surface area contributed by atoms with E-state index >= 15 is 0 Å². The van der Waals surface area contributed by atoms with Gasteiger partial charge in [0.2, 0.25) is 5.91 Å². The van der Waals surface area contributed by atoms with Crippen LogP contribution in [0.25, 0.3) is 0 Å². The fraction of sp³-hybridized carbons (Fsp3) is 0.391. The Hall–Kier alpha value is -3.49. The van der Waals surface area contributed by atoms with Crippen molar-refractivity contribution in [2.75, 3.05) is 12.4 Å². The van der Waals surface area contributed by atoms with E-state index in [-0.39, 0.29) is 28.9 Å². The topological polar surface area (TPSA) is 109 Å². The highest BCUT2D eigenvalue weighted by Crippen LogP contribution is 2.33. The van der Waals surface area contributed by atoms with Gasteiger partial charge in [-0.2, -0.15) is 0 Å². The number of hydrogen-bond acceptors (Lipinski definition) is 4. The Bertz CT molecular complexity index is 1120. The number of carbonyl (C=O) groups is 4. The van der Waals surface area contributed by atoms with Crippen LogP contribution < -0.4 is 16.0 Å².